The summed E-state index contributed by atoms with van der Waals surface area (Å²) < 4.78 is 17.0. The van der Waals surface area contributed by atoms with E-state index in [9.17, 15) is 0 Å². The van der Waals surface area contributed by atoms with Crippen LogP contribution in [0.1, 0.15) is 52.0 Å². The topological polar surface area (TPSA) is 27.7 Å². The fraction of sp³-hybridized carbons (Fsp3) is 0.636. The van der Waals surface area contributed by atoms with Crippen molar-refractivity contribution in [3.05, 3.63) is 29.8 Å². The SMILES string of the molecule is COc1ccc(/C=C/CCO[C@]2(C)CC[C@@]3(C(C)C)C[C@H]32)cc1OC. The number of rotatable bonds is 8. The van der Waals surface area contributed by atoms with Crippen LogP contribution in [0.3, 0.4) is 0 Å². The first kappa shape index (κ1) is 18.3. The molecular formula is C22H32O3. The van der Waals surface area contributed by atoms with Gasteiger partial charge in [0.15, 0.2) is 11.5 Å². The lowest BCUT2D eigenvalue weighted by molar-refractivity contribution is -0.0418. The third-order valence-corrected chi connectivity index (χ3v) is 6.53. The van der Waals surface area contributed by atoms with Crippen LogP contribution < -0.4 is 9.47 Å². The average Bonchev–Trinajstić information content (AvgIpc) is 3.30. The highest BCUT2D eigenvalue weighted by molar-refractivity contribution is 5.55. The van der Waals surface area contributed by atoms with Crippen molar-refractivity contribution in [3.8, 4) is 11.5 Å². The molecule has 1 aromatic rings. The Hall–Kier alpha value is -1.48. The molecule has 0 aromatic heterocycles. The molecule has 3 rings (SSSR count). The van der Waals surface area contributed by atoms with Crippen molar-refractivity contribution in [2.24, 2.45) is 17.3 Å². The Bertz CT molecular complexity index is 636. The summed E-state index contributed by atoms with van der Waals surface area (Å²) >= 11 is 0. The van der Waals surface area contributed by atoms with E-state index < -0.39 is 0 Å². The van der Waals surface area contributed by atoms with Gasteiger partial charge in [-0.1, -0.05) is 32.1 Å². The maximum Gasteiger partial charge on any atom is 0.161 e. The van der Waals surface area contributed by atoms with Crippen LogP contribution >= 0.6 is 0 Å². The zero-order valence-corrected chi connectivity index (χ0v) is 16.3. The maximum absolute atomic E-state index is 6.34. The Morgan fingerprint density at radius 3 is 2.52 bits per heavy atom. The molecule has 0 unspecified atom stereocenters. The molecule has 3 atom stereocenters. The second kappa shape index (κ2) is 7.03. The van der Waals surface area contributed by atoms with E-state index in [-0.39, 0.29) is 5.60 Å². The number of fused-ring (bicyclic) bond motifs is 1. The molecule has 3 nitrogen and oxygen atoms in total. The number of methoxy groups -OCH3 is 2. The molecule has 0 bridgehead atoms. The molecule has 138 valence electrons. The van der Waals surface area contributed by atoms with Crippen LogP contribution in [0, 0.1) is 17.3 Å². The first-order valence-electron chi connectivity index (χ1n) is 9.48. The molecule has 0 aliphatic heterocycles. The number of benzene rings is 1. The van der Waals surface area contributed by atoms with Crippen molar-refractivity contribution in [1.82, 2.24) is 0 Å². The molecule has 0 heterocycles. The van der Waals surface area contributed by atoms with Crippen molar-refractivity contribution in [1.29, 1.82) is 0 Å². The van der Waals surface area contributed by atoms with E-state index in [1.807, 2.05) is 18.2 Å². The molecule has 0 amide bonds. The first-order valence-corrected chi connectivity index (χ1v) is 9.48. The van der Waals surface area contributed by atoms with Crippen LogP contribution in [0.15, 0.2) is 24.3 Å². The van der Waals surface area contributed by atoms with Crippen molar-refractivity contribution in [2.45, 2.75) is 52.1 Å². The molecular weight excluding hydrogens is 312 g/mol. The van der Waals surface area contributed by atoms with Crippen molar-refractivity contribution >= 4 is 6.08 Å². The Morgan fingerprint density at radius 2 is 1.92 bits per heavy atom. The molecule has 25 heavy (non-hydrogen) atoms. The number of hydrogen-bond donors (Lipinski definition) is 0. The van der Waals surface area contributed by atoms with Crippen molar-refractivity contribution < 1.29 is 14.2 Å². The fourth-order valence-electron chi connectivity index (χ4n) is 4.71. The van der Waals surface area contributed by atoms with Gasteiger partial charge in [0.05, 0.1) is 26.4 Å². The van der Waals surface area contributed by atoms with E-state index in [0.717, 1.165) is 41.9 Å². The van der Waals surface area contributed by atoms with Gasteiger partial charge in [-0.2, -0.15) is 0 Å². The summed E-state index contributed by atoms with van der Waals surface area (Å²) in [6.07, 6.45) is 9.16. The summed E-state index contributed by atoms with van der Waals surface area (Å²) in [5.41, 5.74) is 1.80. The van der Waals surface area contributed by atoms with Gasteiger partial charge in [0, 0.05) is 0 Å². The van der Waals surface area contributed by atoms with E-state index in [1.54, 1.807) is 14.2 Å². The zero-order valence-electron chi connectivity index (χ0n) is 16.3. The third-order valence-electron chi connectivity index (χ3n) is 6.53. The molecule has 2 aliphatic carbocycles. The summed E-state index contributed by atoms with van der Waals surface area (Å²) in [6.45, 7) is 7.87. The zero-order chi connectivity index (χ0) is 18.1. The summed E-state index contributed by atoms with van der Waals surface area (Å²) in [4.78, 5) is 0. The predicted molar refractivity (Wildman–Crippen MR) is 102 cm³/mol. The molecule has 1 aromatic carbocycles. The molecule has 2 fully saturated rings. The summed E-state index contributed by atoms with van der Waals surface area (Å²) in [7, 11) is 3.32. The van der Waals surface area contributed by atoms with Crippen LogP contribution in [0.4, 0.5) is 0 Å². The highest BCUT2D eigenvalue weighted by atomic mass is 16.5. The molecule has 0 spiro atoms. The van der Waals surface area contributed by atoms with E-state index >= 15 is 0 Å². The Balaban J connectivity index is 1.48. The summed E-state index contributed by atoms with van der Waals surface area (Å²) in [5.74, 6) is 3.08. The van der Waals surface area contributed by atoms with Crippen molar-refractivity contribution in [3.63, 3.8) is 0 Å². The van der Waals surface area contributed by atoms with Gasteiger partial charge in [0.1, 0.15) is 0 Å². The Kier molecular flexibility index (Phi) is 5.15. The quantitative estimate of drug-likeness (QED) is 0.596. The van der Waals surface area contributed by atoms with Gasteiger partial charge in [0.2, 0.25) is 0 Å². The molecule has 0 radical (unpaired) electrons. The first-order chi connectivity index (χ1) is 11.9. The van der Waals surface area contributed by atoms with Crippen LogP contribution in [0.2, 0.25) is 0 Å². The third kappa shape index (κ3) is 3.44. The van der Waals surface area contributed by atoms with E-state index in [0.29, 0.717) is 5.41 Å². The molecule has 2 aliphatic rings. The second-order valence-electron chi connectivity index (χ2n) is 8.11. The standard InChI is InChI=1S/C22H32O3/c1-16(2)22-12-11-21(3,20(22)15-22)25-13-7-6-8-17-9-10-18(23-4)19(14-17)24-5/h6,8-10,14,16,20H,7,11-13,15H2,1-5H3/b8-6+/t20-,21+,22-/m0/s1. The fourth-order valence-corrected chi connectivity index (χ4v) is 4.71. The van der Waals surface area contributed by atoms with Gasteiger partial charge >= 0.3 is 0 Å². The van der Waals surface area contributed by atoms with Crippen LogP contribution in [-0.4, -0.2) is 26.4 Å². The van der Waals surface area contributed by atoms with Crippen LogP contribution in [0.5, 0.6) is 11.5 Å². The lowest BCUT2D eigenvalue weighted by atomic mass is 9.90. The number of hydrogen-bond acceptors (Lipinski definition) is 3. The van der Waals surface area contributed by atoms with Gasteiger partial charge in [-0.25, -0.2) is 0 Å². The normalized spacial score (nSPS) is 30.7. The Morgan fingerprint density at radius 1 is 1.16 bits per heavy atom. The van der Waals surface area contributed by atoms with E-state index in [1.165, 1.54) is 19.3 Å². The highest BCUT2D eigenvalue weighted by Gasteiger charge is 2.68. The molecule has 3 heteroatoms. The lowest BCUT2D eigenvalue weighted by Crippen LogP contribution is -2.29. The van der Waals surface area contributed by atoms with Gasteiger partial charge < -0.3 is 14.2 Å². The minimum atomic E-state index is 0.0987. The van der Waals surface area contributed by atoms with Gasteiger partial charge in [-0.3, -0.25) is 0 Å². The van der Waals surface area contributed by atoms with Crippen LogP contribution in [0.25, 0.3) is 6.08 Å². The smallest absolute Gasteiger partial charge is 0.161 e. The minimum Gasteiger partial charge on any atom is -0.493 e. The molecule has 0 saturated heterocycles. The summed E-state index contributed by atoms with van der Waals surface area (Å²) in [5, 5.41) is 0. The second-order valence-corrected chi connectivity index (χ2v) is 8.11. The molecule has 0 N–H and O–H groups in total. The monoisotopic (exact) mass is 344 g/mol. The predicted octanol–water partition coefficient (Wildman–Crippen LogP) is 5.34. The highest BCUT2D eigenvalue weighted by Crippen LogP contribution is 2.71. The lowest BCUT2D eigenvalue weighted by Gasteiger charge is -2.26. The van der Waals surface area contributed by atoms with Gasteiger partial charge in [0.25, 0.3) is 0 Å². The average molecular weight is 344 g/mol. The van der Waals surface area contributed by atoms with E-state index in [4.69, 9.17) is 14.2 Å². The van der Waals surface area contributed by atoms with Crippen LogP contribution in [-0.2, 0) is 4.74 Å². The van der Waals surface area contributed by atoms with Gasteiger partial charge in [-0.05, 0) is 67.6 Å². The molecule has 2 saturated carbocycles. The minimum absolute atomic E-state index is 0.0987. The maximum atomic E-state index is 6.34. The van der Waals surface area contributed by atoms with E-state index in [2.05, 4.69) is 32.9 Å². The summed E-state index contributed by atoms with van der Waals surface area (Å²) in [6, 6.07) is 5.97. The van der Waals surface area contributed by atoms with Crippen molar-refractivity contribution in [2.75, 3.05) is 20.8 Å². The number of ether oxygens (including phenoxy) is 3. The van der Waals surface area contributed by atoms with Gasteiger partial charge in [-0.15, -0.1) is 0 Å². The Labute approximate surface area is 152 Å². The largest absolute Gasteiger partial charge is 0.493 e.